The number of phenols is 1. The number of phenolic OH excluding ortho intramolecular Hbond substituents is 1. The number of ether oxygens (including phenoxy) is 1. The molecule has 86 valence electrons. The maximum atomic E-state index is 11.5. The summed E-state index contributed by atoms with van der Waals surface area (Å²) in [5.41, 5.74) is 1.96. The lowest BCUT2D eigenvalue weighted by Gasteiger charge is -2.15. The molecular formula is C12H15NO3. The number of rotatable bonds is 1. The van der Waals surface area contributed by atoms with E-state index < -0.39 is 0 Å². The van der Waals surface area contributed by atoms with E-state index in [4.69, 9.17) is 4.74 Å². The van der Waals surface area contributed by atoms with E-state index in [9.17, 15) is 9.90 Å². The number of fused-ring (bicyclic) bond motifs is 1. The molecule has 1 aliphatic rings. The van der Waals surface area contributed by atoms with Crippen LogP contribution >= 0.6 is 0 Å². The molecule has 0 aromatic heterocycles. The Kier molecular flexibility index (Phi) is 2.99. The highest BCUT2D eigenvalue weighted by Crippen LogP contribution is 2.27. The van der Waals surface area contributed by atoms with Crippen molar-refractivity contribution in [3.8, 4) is 5.75 Å². The largest absolute Gasteiger partial charge is 0.508 e. The van der Waals surface area contributed by atoms with Gasteiger partial charge in [-0.2, -0.15) is 0 Å². The van der Waals surface area contributed by atoms with Gasteiger partial charge in [0, 0.05) is 11.8 Å². The minimum absolute atomic E-state index is 0.205. The minimum Gasteiger partial charge on any atom is -0.508 e. The number of aryl methyl sites for hydroxylation is 1. The first kappa shape index (κ1) is 10.8. The zero-order valence-corrected chi connectivity index (χ0v) is 9.19. The number of carbonyl (C=O) groups excluding carboxylic acids is 1. The van der Waals surface area contributed by atoms with Gasteiger partial charge >= 0.3 is 5.97 Å². The summed E-state index contributed by atoms with van der Waals surface area (Å²) in [5, 5.41) is 12.5. The van der Waals surface area contributed by atoms with Crippen LogP contribution in [0.25, 0.3) is 0 Å². The van der Waals surface area contributed by atoms with E-state index in [0.717, 1.165) is 30.5 Å². The van der Waals surface area contributed by atoms with Crippen molar-refractivity contribution in [2.45, 2.75) is 25.3 Å². The van der Waals surface area contributed by atoms with Crippen LogP contribution < -0.4 is 5.32 Å². The average Bonchev–Trinajstić information content (AvgIpc) is 2.49. The van der Waals surface area contributed by atoms with Gasteiger partial charge in [0.2, 0.25) is 0 Å². The van der Waals surface area contributed by atoms with Gasteiger partial charge in [0.1, 0.15) is 11.8 Å². The summed E-state index contributed by atoms with van der Waals surface area (Å²) in [6, 6.07) is 4.89. The number of hydrogen-bond acceptors (Lipinski definition) is 4. The molecule has 4 nitrogen and oxygen atoms in total. The quantitative estimate of drug-likeness (QED) is 0.708. The first-order valence-electron chi connectivity index (χ1n) is 5.37. The molecule has 0 spiro atoms. The molecule has 1 aromatic carbocycles. The van der Waals surface area contributed by atoms with Crippen molar-refractivity contribution >= 4 is 11.7 Å². The second-order valence-corrected chi connectivity index (χ2v) is 3.95. The Labute approximate surface area is 94.2 Å². The molecule has 0 aliphatic carbocycles. The summed E-state index contributed by atoms with van der Waals surface area (Å²) in [5.74, 6) is -0.0482. The van der Waals surface area contributed by atoms with Gasteiger partial charge in [0.25, 0.3) is 0 Å². The fourth-order valence-electron chi connectivity index (χ4n) is 1.99. The summed E-state index contributed by atoms with van der Waals surface area (Å²) in [4.78, 5) is 11.5. The smallest absolute Gasteiger partial charge is 0.328 e. The van der Waals surface area contributed by atoms with Crippen LogP contribution in [0.1, 0.15) is 18.4 Å². The van der Waals surface area contributed by atoms with Crippen molar-refractivity contribution in [2.24, 2.45) is 0 Å². The second kappa shape index (κ2) is 4.43. The highest BCUT2D eigenvalue weighted by Gasteiger charge is 2.22. The molecule has 0 saturated heterocycles. The van der Waals surface area contributed by atoms with Gasteiger partial charge in [0.05, 0.1) is 7.11 Å². The van der Waals surface area contributed by atoms with Gasteiger partial charge in [-0.05, 0) is 30.9 Å². The van der Waals surface area contributed by atoms with Gasteiger partial charge < -0.3 is 15.2 Å². The van der Waals surface area contributed by atoms with E-state index in [0.29, 0.717) is 0 Å². The highest BCUT2D eigenvalue weighted by atomic mass is 16.5. The standard InChI is InChI=1S/C12H15NO3/c1-16-12(15)10-4-2-3-8-5-6-9(14)7-11(8)13-10/h5-7,10,13-14H,2-4H2,1H3. The van der Waals surface area contributed by atoms with Crippen LogP contribution in [0.4, 0.5) is 5.69 Å². The molecule has 2 N–H and O–H groups in total. The Bertz CT molecular complexity index is 403. The van der Waals surface area contributed by atoms with E-state index in [-0.39, 0.29) is 17.8 Å². The van der Waals surface area contributed by atoms with Crippen molar-refractivity contribution in [1.29, 1.82) is 0 Å². The summed E-state index contributed by atoms with van der Waals surface area (Å²) < 4.78 is 4.73. The molecule has 0 bridgehead atoms. The van der Waals surface area contributed by atoms with E-state index >= 15 is 0 Å². The molecule has 1 heterocycles. The first-order chi connectivity index (χ1) is 7.70. The Hall–Kier alpha value is -1.71. The molecule has 0 amide bonds. The van der Waals surface area contributed by atoms with Crippen LogP contribution in [-0.2, 0) is 16.0 Å². The lowest BCUT2D eigenvalue weighted by Crippen LogP contribution is -2.29. The van der Waals surface area contributed by atoms with Gasteiger partial charge in [-0.3, -0.25) is 0 Å². The molecule has 16 heavy (non-hydrogen) atoms. The number of esters is 1. The van der Waals surface area contributed by atoms with Crippen LogP contribution in [0.5, 0.6) is 5.75 Å². The van der Waals surface area contributed by atoms with E-state index in [1.54, 1.807) is 12.1 Å². The monoisotopic (exact) mass is 221 g/mol. The van der Waals surface area contributed by atoms with E-state index in [1.165, 1.54) is 7.11 Å². The zero-order valence-electron chi connectivity index (χ0n) is 9.19. The van der Waals surface area contributed by atoms with Crippen molar-refractivity contribution in [3.05, 3.63) is 23.8 Å². The van der Waals surface area contributed by atoms with E-state index in [1.807, 2.05) is 6.07 Å². The molecule has 1 unspecified atom stereocenters. The Morgan fingerprint density at radius 2 is 2.38 bits per heavy atom. The number of nitrogens with one attached hydrogen (secondary N) is 1. The van der Waals surface area contributed by atoms with Crippen LogP contribution in [0.2, 0.25) is 0 Å². The second-order valence-electron chi connectivity index (χ2n) is 3.95. The lowest BCUT2D eigenvalue weighted by atomic mass is 10.1. The Morgan fingerprint density at radius 3 is 3.12 bits per heavy atom. The maximum Gasteiger partial charge on any atom is 0.328 e. The van der Waals surface area contributed by atoms with Gasteiger partial charge in [-0.25, -0.2) is 4.79 Å². The molecule has 1 aliphatic heterocycles. The van der Waals surface area contributed by atoms with Crippen molar-refractivity contribution in [1.82, 2.24) is 0 Å². The summed E-state index contributed by atoms with van der Waals surface area (Å²) in [7, 11) is 1.39. The predicted molar refractivity (Wildman–Crippen MR) is 60.5 cm³/mol. The van der Waals surface area contributed by atoms with Crippen LogP contribution in [0, 0.1) is 0 Å². The number of methoxy groups -OCH3 is 1. The third kappa shape index (κ3) is 2.10. The number of benzene rings is 1. The number of anilines is 1. The van der Waals surface area contributed by atoms with Gasteiger partial charge in [-0.15, -0.1) is 0 Å². The third-order valence-electron chi connectivity index (χ3n) is 2.85. The Morgan fingerprint density at radius 1 is 1.56 bits per heavy atom. The fraction of sp³-hybridized carbons (Fsp3) is 0.417. The van der Waals surface area contributed by atoms with Gasteiger partial charge in [0.15, 0.2) is 0 Å². The van der Waals surface area contributed by atoms with Crippen molar-refractivity contribution in [2.75, 3.05) is 12.4 Å². The molecule has 0 radical (unpaired) electrons. The minimum atomic E-state index is -0.312. The summed E-state index contributed by atoms with van der Waals surface area (Å²) in [6.45, 7) is 0. The topological polar surface area (TPSA) is 58.6 Å². The fourth-order valence-corrected chi connectivity index (χ4v) is 1.99. The van der Waals surface area contributed by atoms with Gasteiger partial charge in [-0.1, -0.05) is 6.07 Å². The maximum absolute atomic E-state index is 11.5. The molecule has 0 saturated carbocycles. The Balaban J connectivity index is 2.25. The average molecular weight is 221 g/mol. The molecule has 1 aromatic rings. The highest BCUT2D eigenvalue weighted by molar-refractivity contribution is 5.80. The molecule has 4 heteroatoms. The number of hydrogen-bond donors (Lipinski definition) is 2. The number of carbonyl (C=O) groups is 1. The van der Waals surface area contributed by atoms with Crippen molar-refractivity contribution in [3.63, 3.8) is 0 Å². The molecule has 1 atom stereocenters. The SMILES string of the molecule is COC(=O)C1CCCc2ccc(O)cc2N1. The molecule has 2 rings (SSSR count). The van der Waals surface area contributed by atoms with Crippen LogP contribution in [0.3, 0.4) is 0 Å². The summed E-state index contributed by atoms with van der Waals surface area (Å²) in [6.07, 6.45) is 2.60. The number of aromatic hydroxyl groups is 1. The van der Waals surface area contributed by atoms with Crippen LogP contribution in [0.15, 0.2) is 18.2 Å². The van der Waals surface area contributed by atoms with E-state index in [2.05, 4.69) is 5.32 Å². The van der Waals surface area contributed by atoms with Crippen molar-refractivity contribution < 1.29 is 14.6 Å². The van der Waals surface area contributed by atoms with Crippen LogP contribution in [-0.4, -0.2) is 24.2 Å². The normalized spacial score (nSPS) is 19.2. The lowest BCUT2D eigenvalue weighted by molar-refractivity contribution is -0.141. The predicted octanol–water partition coefficient (Wildman–Crippen LogP) is 1.68. The zero-order chi connectivity index (χ0) is 11.5. The first-order valence-corrected chi connectivity index (χ1v) is 5.37. The molecular weight excluding hydrogens is 206 g/mol. The molecule has 0 fully saturated rings. The summed E-state index contributed by atoms with van der Waals surface area (Å²) >= 11 is 0. The third-order valence-corrected chi connectivity index (χ3v) is 2.85.